The lowest BCUT2D eigenvalue weighted by atomic mass is 10.2. The van der Waals surface area contributed by atoms with Gasteiger partial charge in [-0.1, -0.05) is 39.2 Å². The van der Waals surface area contributed by atoms with Crippen molar-refractivity contribution in [3.8, 4) is 0 Å². The molecule has 138 valence electrons. The van der Waals surface area contributed by atoms with Gasteiger partial charge in [0.25, 0.3) is 0 Å². The number of hydrogen-bond acceptors (Lipinski definition) is 5. The van der Waals surface area contributed by atoms with Gasteiger partial charge in [0.1, 0.15) is 6.61 Å². The van der Waals surface area contributed by atoms with Crippen molar-refractivity contribution < 1.29 is 28.6 Å². The fraction of sp³-hybridized carbons (Fsp3) is 0.526. The van der Waals surface area contributed by atoms with Crippen LogP contribution in [-0.4, -0.2) is 31.8 Å². The Morgan fingerprint density at radius 2 is 1.68 bits per heavy atom. The molecule has 0 saturated heterocycles. The van der Waals surface area contributed by atoms with Crippen molar-refractivity contribution >= 4 is 11.9 Å². The average molecular weight is 350 g/mol. The van der Waals surface area contributed by atoms with Gasteiger partial charge >= 0.3 is 11.9 Å². The molecule has 0 spiro atoms. The Hall–Kier alpha value is -2.37. The minimum Gasteiger partial charge on any atom is -0.462 e. The number of pyridine rings is 1. The number of hydrogen-bond donors (Lipinski definition) is 0. The maximum absolute atomic E-state index is 11.9. The second-order valence-corrected chi connectivity index (χ2v) is 5.75. The zero-order valence-corrected chi connectivity index (χ0v) is 15.2. The molecule has 25 heavy (non-hydrogen) atoms. The number of esters is 2. The maximum atomic E-state index is 11.9. The fourth-order valence-corrected chi connectivity index (χ4v) is 1.99. The molecule has 0 N–H and O–H groups in total. The Kier molecular flexibility index (Phi) is 9.97. The van der Waals surface area contributed by atoms with Crippen LogP contribution in [-0.2, 0) is 14.3 Å². The van der Waals surface area contributed by atoms with Gasteiger partial charge < -0.3 is 9.47 Å². The van der Waals surface area contributed by atoms with Gasteiger partial charge in [-0.15, -0.1) is 0 Å². The number of aromatic nitrogens is 1. The molecule has 0 aliphatic rings. The van der Waals surface area contributed by atoms with Crippen LogP contribution in [0.4, 0.5) is 0 Å². The van der Waals surface area contributed by atoms with Crippen molar-refractivity contribution in [3.05, 3.63) is 42.2 Å². The molecule has 0 fully saturated rings. The number of nitrogens with zero attached hydrogens (tertiary/aromatic N) is 1. The van der Waals surface area contributed by atoms with E-state index in [2.05, 4.69) is 13.5 Å². The molecule has 1 aromatic heterocycles. The van der Waals surface area contributed by atoms with Crippen LogP contribution >= 0.6 is 0 Å². The Morgan fingerprint density at radius 1 is 1.00 bits per heavy atom. The molecule has 0 radical (unpaired) electrons. The highest BCUT2D eigenvalue weighted by Gasteiger charge is 2.11. The predicted octanol–water partition coefficient (Wildman–Crippen LogP) is 2.65. The summed E-state index contributed by atoms with van der Waals surface area (Å²) in [7, 11) is 0. The first kappa shape index (κ1) is 20.7. The Balaban J connectivity index is 2.24. The van der Waals surface area contributed by atoms with E-state index >= 15 is 0 Å². The molecule has 0 unspecified atom stereocenters. The topological polar surface area (TPSA) is 65.7 Å². The smallest absolute Gasteiger partial charge is 0.338 e. The maximum Gasteiger partial charge on any atom is 0.338 e. The van der Waals surface area contributed by atoms with Crippen LogP contribution in [0.3, 0.4) is 0 Å². The molecule has 0 atom stereocenters. The molecule has 0 aliphatic carbocycles. The molecule has 1 rings (SSSR count). The fourth-order valence-electron chi connectivity index (χ4n) is 1.99. The molecule has 1 heterocycles. The minimum atomic E-state index is -0.443. The predicted molar refractivity (Wildman–Crippen MR) is 92.9 cm³/mol. The van der Waals surface area contributed by atoms with E-state index in [4.69, 9.17) is 14.3 Å². The monoisotopic (exact) mass is 350 g/mol. The molecule has 0 aromatic carbocycles. The van der Waals surface area contributed by atoms with E-state index in [-0.39, 0.29) is 19.2 Å². The first-order valence-electron chi connectivity index (χ1n) is 8.69. The number of unbranched alkanes of at least 4 members (excludes halogenated alkanes) is 4. The Bertz CT molecular complexity index is 553. The van der Waals surface area contributed by atoms with Crippen LogP contribution in [0.15, 0.2) is 36.7 Å². The standard InChI is InChI=1S/C19H28NO5/c1-4-5-6-7-8-13-23-19(22)17-9-11-20(12-10-17)25-15-14-24-18(21)16(2)3/h9-12H,2,4-8,13-15H2,1,3H3/q+1. The van der Waals surface area contributed by atoms with Crippen molar-refractivity contribution in [2.24, 2.45) is 0 Å². The van der Waals surface area contributed by atoms with Gasteiger partial charge in [0.05, 0.1) is 12.2 Å². The summed E-state index contributed by atoms with van der Waals surface area (Å²) in [6, 6.07) is 3.25. The molecular weight excluding hydrogens is 322 g/mol. The average Bonchev–Trinajstić information content (AvgIpc) is 2.61. The molecule has 6 nitrogen and oxygen atoms in total. The summed E-state index contributed by atoms with van der Waals surface area (Å²) in [5.74, 6) is -0.778. The summed E-state index contributed by atoms with van der Waals surface area (Å²) in [4.78, 5) is 28.5. The summed E-state index contributed by atoms with van der Waals surface area (Å²) >= 11 is 0. The molecule has 0 bridgehead atoms. The van der Waals surface area contributed by atoms with E-state index < -0.39 is 5.97 Å². The molecular formula is C19H28NO5+. The van der Waals surface area contributed by atoms with Crippen LogP contribution in [0.1, 0.15) is 56.3 Å². The summed E-state index contributed by atoms with van der Waals surface area (Å²) in [6.45, 7) is 8.02. The van der Waals surface area contributed by atoms with E-state index in [1.807, 2.05) is 0 Å². The lowest BCUT2D eigenvalue weighted by Crippen LogP contribution is -2.43. The molecule has 0 saturated carbocycles. The van der Waals surface area contributed by atoms with Crippen molar-refractivity contribution in [2.75, 3.05) is 19.8 Å². The van der Waals surface area contributed by atoms with Crippen LogP contribution in [0, 0.1) is 0 Å². The zero-order chi connectivity index (χ0) is 18.5. The highest BCUT2D eigenvalue weighted by atomic mass is 16.7. The van der Waals surface area contributed by atoms with Gasteiger partial charge in [0, 0.05) is 22.4 Å². The highest BCUT2D eigenvalue weighted by Crippen LogP contribution is 2.04. The summed E-state index contributed by atoms with van der Waals surface area (Å²) in [5, 5.41) is 0. The van der Waals surface area contributed by atoms with Gasteiger partial charge in [0.2, 0.25) is 12.4 Å². The normalized spacial score (nSPS) is 10.2. The van der Waals surface area contributed by atoms with Crippen LogP contribution in [0.2, 0.25) is 0 Å². The third-order valence-corrected chi connectivity index (χ3v) is 3.42. The van der Waals surface area contributed by atoms with Crippen molar-refractivity contribution in [1.82, 2.24) is 0 Å². The van der Waals surface area contributed by atoms with Gasteiger partial charge in [-0.25, -0.2) is 9.59 Å². The SMILES string of the molecule is C=C(C)C(=O)OCCO[n+]1ccc(C(=O)OCCCCCCC)cc1. The van der Waals surface area contributed by atoms with Gasteiger partial charge in [-0.3, -0.25) is 4.84 Å². The van der Waals surface area contributed by atoms with E-state index in [1.54, 1.807) is 31.5 Å². The second kappa shape index (κ2) is 12.1. The second-order valence-electron chi connectivity index (χ2n) is 5.75. The third kappa shape index (κ3) is 8.88. The van der Waals surface area contributed by atoms with E-state index in [0.29, 0.717) is 17.7 Å². The molecule has 6 heteroatoms. The largest absolute Gasteiger partial charge is 0.462 e. The Labute approximate surface area is 149 Å². The zero-order valence-electron chi connectivity index (χ0n) is 15.2. The van der Waals surface area contributed by atoms with Crippen LogP contribution in [0.5, 0.6) is 0 Å². The summed E-state index contributed by atoms with van der Waals surface area (Å²) in [6.07, 6.45) is 8.79. The molecule has 0 amide bonds. The molecule has 0 aliphatic heterocycles. The Morgan fingerprint density at radius 3 is 2.32 bits per heavy atom. The molecule has 1 aromatic rings. The highest BCUT2D eigenvalue weighted by molar-refractivity contribution is 5.89. The minimum absolute atomic E-state index is 0.126. The van der Waals surface area contributed by atoms with Crippen LogP contribution < -0.4 is 9.57 Å². The summed E-state index contributed by atoms with van der Waals surface area (Å²) < 4.78 is 11.6. The number of ether oxygens (including phenoxy) is 2. The van der Waals surface area contributed by atoms with Crippen LogP contribution in [0.25, 0.3) is 0 Å². The van der Waals surface area contributed by atoms with Gasteiger partial charge in [0.15, 0.2) is 6.61 Å². The quantitative estimate of drug-likeness (QED) is 0.251. The van der Waals surface area contributed by atoms with E-state index in [1.165, 1.54) is 24.0 Å². The van der Waals surface area contributed by atoms with Gasteiger partial charge in [-0.05, 0) is 13.3 Å². The lowest BCUT2D eigenvalue weighted by molar-refractivity contribution is -0.891. The number of carbonyl (C=O) groups excluding carboxylic acids is 2. The van der Waals surface area contributed by atoms with E-state index in [0.717, 1.165) is 12.8 Å². The number of rotatable bonds is 12. The van der Waals surface area contributed by atoms with Gasteiger partial charge in [-0.2, -0.15) is 0 Å². The lowest BCUT2D eigenvalue weighted by Gasteiger charge is -2.04. The summed E-state index contributed by atoms with van der Waals surface area (Å²) in [5.41, 5.74) is 0.822. The van der Waals surface area contributed by atoms with Crippen molar-refractivity contribution in [3.63, 3.8) is 0 Å². The first-order chi connectivity index (χ1) is 12.0. The van der Waals surface area contributed by atoms with Crippen molar-refractivity contribution in [1.29, 1.82) is 0 Å². The van der Waals surface area contributed by atoms with E-state index in [9.17, 15) is 9.59 Å². The first-order valence-corrected chi connectivity index (χ1v) is 8.69. The third-order valence-electron chi connectivity index (χ3n) is 3.42. The number of carbonyl (C=O) groups is 2. The van der Waals surface area contributed by atoms with Crippen molar-refractivity contribution in [2.45, 2.75) is 46.0 Å².